The van der Waals surface area contributed by atoms with Gasteiger partial charge in [0.25, 0.3) is 0 Å². The zero-order valence-electron chi connectivity index (χ0n) is 28.6. The lowest BCUT2D eigenvalue weighted by atomic mass is 9.69. The van der Waals surface area contributed by atoms with Crippen LogP contribution < -0.4 is 9.64 Å². The molecule has 262 valence electrons. The van der Waals surface area contributed by atoms with Gasteiger partial charge in [-0.15, -0.1) is 0 Å². The average molecular weight is 709 g/mol. The Morgan fingerprint density at radius 1 is 1.12 bits per heavy atom. The number of halogens is 1. The quantitative estimate of drug-likeness (QED) is 0.191. The first-order chi connectivity index (χ1) is 23.4. The highest BCUT2D eigenvalue weighted by molar-refractivity contribution is 7.91. The second kappa shape index (κ2) is 14.3. The Labute approximate surface area is 294 Å². The first-order valence-corrected chi connectivity index (χ1v) is 19.0. The summed E-state index contributed by atoms with van der Waals surface area (Å²) in [5.41, 5.74) is 3.64. The smallest absolute Gasteiger partial charge is 0.337 e. The van der Waals surface area contributed by atoms with Gasteiger partial charge in [0, 0.05) is 55.9 Å². The summed E-state index contributed by atoms with van der Waals surface area (Å²) in [5.74, 6) is 0.458. The number of esters is 1. The molecule has 2 heterocycles. The molecule has 49 heavy (non-hydrogen) atoms. The number of ether oxygens (including phenoxy) is 2. The lowest BCUT2D eigenvalue weighted by molar-refractivity contribution is -0.132. The van der Waals surface area contributed by atoms with Crippen LogP contribution in [0, 0.1) is 17.8 Å². The largest absolute Gasteiger partial charge is 0.490 e. The third kappa shape index (κ3) is 7.15. The molecule has 1 amide bonds. The van der Waals surface area contributed by atoms with Gasteiger partial charge in [-0.2, -0.15) is 0 Å². The summed E-state index contributed by atoms with van der Waals surface area (Å²) < 4.78 is 37.8. The second-order valence-electron chi connectivity index (χ2n) is 14.1. The molecule has 6 rings (SSSR count). The molecule has 12 heteroatoms. The second-order valence-corrected chi connectivity index (χ2v) is 16.7. The Bertz CT molecular complexity index is 1810. The molecule has 1 fully saturated rings. The van der Waals surface area contributed by atoms with Crippen LogP contribution in [-0.2, 0) is 31.2 Å². The van der Waals surface area contributed by atoms with Crippen molar-refractivity contribution < 1.29 is 27.5 Å². The topological polar surface area (TPSA) is 119 Å². The minimum atomic E-state index is -3.77. The van der Waals surface area contributed by atoms with E-state index in [4.69, 9.17) is 21.1 Å². The minimum Gasteiger partial charge on any atom is -0.490 e. The third-order valence-electron chi connectivity index (χ3n) is 11.0. The number of hydrogen-bond donors (Lipinski definition) is 0. The number of anilines is 1. The van der Waals surface area contributed by atoms with Crippen molar-refractivity contribution >= 4 is 39.0 Å². The summed E-state index contributed by atoms with van der Waals surface area (Å²) in [5, 5.41) is -0.286. The van der Waals surface area contributed by atoms with Crippen molar-refractivity contribution in [3.63, 3.8) is 0 Å². The van der Waals surface area contributed by atoms with Crippen molar-refractivity contribution in [2.45, 2.75) is 68.2 Å². The maximum atomic E-state index is 13.4. The molecular weight excluding hydrogens is 664 g/mol. The van der Waals surface area contributed by atoms with Gasteiger partial charge in [0.2, 0.25) is 20.9 Å². The van der Waals surface area contributed by atoms with Crippen LogP contribution in [0.15, 0.2) is 60.0 Å². The van der Waals surface area contributed by atoms with E-state index in [9.17, 15) is 18.0 Å². The molecular formula is C37H45ClN4O6S. The van der Waals surface area contributed by atoms with Gasteiger partial charge in [0.1, 0.15) is 5.75 Å². The Balaban J connectivity index is 1.18. The monoisotopic (exact) mass is 708 g/mol. The Kier molecular flexibility index (Phi) is 10.2. The number of hydrogen-bond acceptors (Lipinski definition) is 9. The van der Waals surface area contributed by atoms with Crippen LogP contribution in [0.2, 0.25) is 5.02 Å². The van der Waals surface area contributed by atoms with Crippen molar-refractivity contribution in [3.8, 4) is 5.75 Å². The highest BCUT2D eigenvalue weighted by Gasteiger charge is 2.44. The zero-order valence-corrected chi connectivity index (χ0v) is 30.2. The molecule has 3 aromatic rings. The van der Waals surface area contributed by atoms with E-state index in [0.717, 1.165) is 61.7 Å². The summed E-state index contributed by atoms with van der Waals surface area (Å²) in [6, 6.07) is 13.3. The van der Waals surface area contributed by atoms with Crippen molar-refractivity contribution in [2.75, 3.05) is 45.3 Å². The van der Waals surface area contributed by atoms with Crippen LogP contribution >= 0.6 is 11.6 Å². The number of methoxy groups -OCH3 is 1. The number of nitrogens with zero attached hydrogens (tertiary/aromatic N) is 4. The SMILES string of the molecule is COC(=O)c1ccc2c(c1)N(C[C@@H]1CC[C@H]1CN(C)C(=O)C[C@@H](C)[C@@H](C)S(=O)(=O)c1ncccn1)CC1(CCCc3cc(Cl)ccc31)CO2. The van der Waals surface area contributed by atoms with Crippen molar-refractivity contribution in [1.29, 1.82) is 0 Å². The van der Waals surface area contributed by atoms with Gasteiger partial charge in [-0.3, -0.25) is 4.79 Å². The molecule has 5 atom stereocenters. The average Bonchev–Trinajstić information content (AvgIpc) is 3.25. The molecule has 1 saturated carbocycles. The summed E-state index contributed by atoms with van der Waals surface area (Å²) in [7, 11) is -0.575. The number of aromatic nitrogens is 2. The van der Waals surface area contributed by atoms with Crippen molar-refractivity contribution in [1.82, 2.24) is 14.9 Å². The normalized spacial score (nSPS) is 22.8. The van der Waals surface area contributed by atoms with E-state index in [1.807, 2.05) is 18.2 Å². The zero-order chi connectivity index (χ0) is 34.9. The number of benzene rings is 2. The van der Waals surface area contributed by atoms with Crippen LogP contribution in [0.1, 0.15) is 67.4 Å². The maximum Gasteiger partial charge on any atom is 0.337 e. The Hall–Kier alpha value is -3.70. The van der Waals surface area contributed by atoms with E-state index in [-0.39, 0.29) is 28.8 Å². The number of carbonyl (C=O) groups excluding carboxylic acids is 2. The Morgan fingerprint density at radius 2 is 1.88 bits per heavy atom. The summed E-state index contributed by atoms with van der Waals surface area (Å²) >= 11 is 6.42. The number of amides is 1. The molecule has 2 aliphatic carbocycles. The molecule has 0 N–H and O–H groups in total. The molecule has 0 radical (unpaired) electrons. The standard InChI is InChI=1S/C37H45ClN4O6S/c1-24(25(2)49(45,46)36-39-15-6-16-40-36)17-34(43)41(3)20-28-8-9-29(28)21-42-22-37(14-5-7-26-18-30(38)11-12-31(26)37)23-48-33-13-10-27(19-32(33)42)35(44)47-4/h6,10-13,15-16,18-19,24-25,28-29H,5,7-9,14,17,20-23H2,1-4H3/t24-,25-,28+,29+,37?/m1/s1. The van der Waals surface area contributed by atoms with Gasteiger partial charge in [-0.05, 0) is 104 Å². The van der Waals surface area contributed by atoms with Crippen molar-refractivity contribution in [2.24, 2.45) is 17.8 Å². The van der Waals surface area contributed by atoms with Gasteiger partial charge in [0.15, 0.2) is 0 Å². The minimum absolute atomic E-state index is 0.0816. The lowest BCUT2D eigenvalue weighted by Crippen LogP contribution is -2.49. The predicted octanol–water partition coefficient (Wildman–Crippen LogP) is 5.76. The van der Waals surface area contributed by atoms with Crippen molar-refractivity contribution in [3.05, 3.63) is 76.6 Å². The first kappa shape index (κ1) is 35.1. The van der Waals surface area contributed by atoms with E-state index < -0.39 is 27.0 Å². The van der Waals surface area contributed by atoms with E-state index in [1.165, 1.54) is 30.6 Å². The number of rotatable bonds is 10. The van der Waals surface area contributed by atoms with Crippen LogP contribution in [0.4, 0.5) is 5.69 Å². The fourth-order valence-electron chi connectivity index (χ4n) is 7.72. The summed E-state index contributed by atoms with van der Waals surface area (Å²) in [6.07, 6.45) is 7.94. The van der Waals surface area contributed by atoms with Crippen LogP contribution in [0.3, 0.4) is 0 Å². The van der Waals surface area contributed by atoms with Gasteiger partial charge < -0.3 is 19.3 Å². The van der Waals surface area contributed by atoms with Gasteiger partial charge in [0.05, 0.1) is 30.2 Å². The molecule has 3 aliphatic rings. The fraction of sp³-hybridized carbons (Fsp3) is 0.514. The van der Waals surface area contributed by atoms with Gasteiger partial charge in [-0.1, -0.05) is 24.6 Å². The highest BCUT2D eigenvalue weighted by Crippen LogP contribution is 2.46. The molecule has 1 unspecified atom stereocenters. The van der Waals surface area contributed by atoms with Crippen LogP contribution in [0.5, 0.6) is 5.75 Å². The van der Waals surface area contributed by atoms with E-state index in [2.05, 4.69) is 27.0 Å². The number of aryl methyl sites for hydroxylation is 1. The van der Waals surface area contributed by atoms with Gasteiger partial charge in [-0.25, -0.2) is 23.2 Å². The van der Waals surface area contributed by atoms with E-state index in [1.54, 1.807) is 37.9 Å². The number of sulfone groups is 1. The summed E-state index contributed by atoms with van der Waals surface area (Å²) in [4.78, 5) is 38.0. The molecule has 2 aromatic carbocycles. The predicted molar refractivity (Wildman–Crippen MR) is 188 cm³/mol. The van der Waals surface area contributed by atoms with Crippen LogP contribution in [-0.4, -0.2) is 80.8 Å². The Morgan fingerprint density at radius 3 is 2.59 bits per heavy atom. The van der Waals surface area contributed by atoms with E-state index in [0.29, 0.717) is 24.6 Å². The molecule has 0 bridgehead atoms. The van der Waals surface area contributed by atoms with Crippen LogP contribution in [0.25, 0.3) is 0 Å². The molecule has 0 saturated heterocycles. The molecule has 1 aliphatic heterocycles. The fourth-order valence-corrected chi connectivity index (χ4v) is 9.37. The number of carbonyl (C=O) groups is 2. The van der Waals surface area contributed by atoms with E-state index >= 15 is 0 Å². The number of fused-ring (bicyclic) bond motifs is 3. The lowest BCUT2D eigenvalue weighted by Gasteiger charge is -2.45. The third-order valence-corrected chi connectivity index (χ3v) is 13.4. The van der Waals surface area contributed by atoms with Gasteiger partial charge >= 0.3 is 5.97 Å². The highest BCUT2D eigenvalue weighted by atomic mass is 35.5. The molecule has 10 nitrogen and oxygen atoms in total. The first-order valence-electron chi connectivity index (χ1n) is 17.1. The molecule has 1 spiro atoms. The molecule has 1 aromatic heterocycles. The maximum absolute atomic E-state index is 13.4. The summed E-state index contributed by atoms with van der Waals surface area (Å²) in [6.45, 7) is 6.00.